The van der Waals surface area contributed by atoms with E-state index in [1.54, 1.807) is 0 Å². The predicted octanol–water partition coefficient (Wildman–Crippen LogP) is 8.58. The van der Waals surface area contributed by atoms with Crippen LogP contribution in [-0.4, -0.2) is 43.4 Å². The van der Waals surface area contributed by atoms with E-state index < -0.39 is 33.7 Å². The van der Waals surface area contributed by atoms with Crippen LogP contribution in [0.3, 0.4) is 0 Å². The largest absolute Gasteiger partial charge is 1.00 e. The minimum Gasteiger partial charge on any atom is -1.00 e. The Kier molecular flexibility index (Phi) is 39.8. The van der Waals surface area contributed by atoms with Gasteiger partial charge in [-0.25, -0.2) is 0 Å². The molecule has 0 radical (unpaired) electrons. The molecule has 0 saturated carbocycles. The van der Waals surface area contributed by atoms with Gasteiger partial charge >= 0.3 is 63.3 Å². The third-order valence-electron chi connectivity index (χ3n) is 8.98. The molecule has 0 aliphatic heterocycles. The van der Waals surface area contributed by atoms with Crippen molar-refractivity contribution in [2.75, 3.05) is 13.2 Å². The molecule has 0 aliphatic rings. The van der Waals surface area contributed by atoms with Gasteiger partial charge in [0.05, 0.1) is 19.6 Å². The number of ether oxygens (including phenoxy) is 2. The van der Waals surface area contributed by atoms with Crippen LogP contribution in [0.4, 0.5) is 0 Å². The van der Waals surface area contributed by atoms with Crippen LogP contribution >= 0.6 is 0 Å². The molecule has 0 aromatic rings. The van der Waals surface area contributed by atoms with E-state index in [9.17, 15) is 22.6 Å². The molecule has 0 saturated heterocycles. The van der Waals surface area contributed by atoms with Gasteiger partial charge in [0.2, 0.25) is 0 Å². The average molecular weight is 715 g/mol. The van der Waals surface area contributed by atoms with E-state index in [1.807, 2.05) is 0 Å². The maximum absolute atomic E-state index is 12.3. The molecule has 7 nitrogen and oxygen atoms in total. The Morgan fingerprint density at radius 2 is 0.745 bits per heavy atom. The van der Waals surface area contributed by atoms with Crippen LogP contribution < -0.4 is 51.4 Å². The van der Waals surface area contributed by atoms with Gasteiger partial charge in [-0.3, -0.25) is 14.1 Å². The van der Waals surface area contributed by atoms with Crippen molar-refractivity contribution in [2.45, 2.75) is 218 Å². The summed E-state index contributed by atoms with van der Waals surface area (Å²) in [7, 11) is -4.77. The zero-order chi connectivity index (χ0) is 34.0. The zero-order valence-electron chi connectivity index (χ0n) is 32.2. The maximum atomic E-state index is 12.3. The fourth-order valence-electron chi connectivity index (χ4n) is 5.92. The van der Waals surface area contributed by atoms with Gasteiger partial charge in [-0.2, -0.15) is 8.42 Å². The van der Waals surface area contributed by atoms with Crippen LogP contribution in [0.5, 0.6) is 0 Å². The molecule has 0 bridgehead atoms. The molecule has 276 valence electrons. The van der Waals surface area contributed by atoms with E-state index in [2.05, 4.69) is 13.8 Å². The van der Waals surface area contributed by atoms with Crippen molar-refractivity contribution in [3.8, 4) is 0 Å². The second-order valence-electron chi connectivity index (χ2n) is 13.5. The smallest absolute Gasteiger partial charge is 1.00 e. The Labute approximate surface area is 335 Å². The SMILES string of the molecule is CCCCCCCCCCCCCCCCCCOC(=O)CC(C(=O)OCCCCCCCCCCCCCCCC)S(=O)(=O)O.[H-].[K+]. The Balaban J connectivity index is -0.0000101. The van der Waals surface area contributed by atoms with Crippen molar-refractivity contribution in [2.24, 2.45) is 0 Å². The van der Waals surface area contributed by atoms with Gasteiger partial charge in [-0.15, -0.1) is 0 Å². The van der Waals surface area contributed by atoms with Gasteiger partial charge < -0.3 is 10.9 Å². The van der Waals surface area contributed by atoms with E-state index >= 15 is 0 Å². The summed E-state index contributed by atoms with van der Waals surface area (Å²) in [5, 5.41) is -1.93. The molecule has 9 heteroatoms. The summed E-state index contributed by atoms with van der Waals surface area (Å²) >= 11 is 0. The molecular formula is C38H75KO7S. The number of hydrogen-bond donors (Lipinski definition) is 1. The molecule has 0 aliphatic carbocycles. The van der Waals surface area contributed by atoms with Gasteiger partial charge in [-0.05, 0) is 12.8 Å². The topological polar surface area (TPSA) is 107 Å². The molecule has 1 unspecified atom stereocenters. The molecule has 0 rings (SSSR count). The summed E-state index contributed by atoms with van der Waals surface area (Å²) in [6, 6.07) is 0. The second kappa shape index (κ2) is 37.7. The molecule has 0 fully saturated rings. The number of hydrogen-bond acceptors (Lipinski definition) is 6. The first kappa shape index (κ1) is 49.6. The third-order valence-corrected chi connectivity index (χ3v) is 10.1. The van der Waals surface area contributed by atoms with Crippen molar-refractivity contribution in [1.29, 1.82) is 0 Å². The second-order valence-corrected chi connectivity index (χ2v) is 15.1. The van der Waals surface area contributed by atoms with Gasteiger partial charge in [0.15, 0.2) is 5.25 Å². The molecule has 0 amide bonds. The molecule has 1 N–H and O–H groups in total. The molecular weight excluding hydrogens is 640 g/mol. The maximum Gasteiger partial charge on any atom is 1.00 e. The first-order valence-corrected chi connectivity index (χ1v) is 21.1. The van der Waals surface area contributed by atoms with Crippen LogP contribution in [-0.2, 0) is 29.2 Å². The van der Waals surface area contributed by atoms with Crippen molar-refractivity contribution < 1.29 is 84.8 Å². The molecule has 0 heterocycles. The molecule has 0 spiro atoms. The van der Waals surface area contributed by atoms with Crippen LogP contribution in [0.15, 0.2) is 0 Å². The van der Waals surface area contributed by atoms with Crippen molar-refractivity contribution in [3.63, 3.8) is 0 Å². The van der Waals surface area contributed by atoms with Crippen molar-refractivity contribution in [1.82, 2.24) is 0 Å². The quantitative estimate of drug-likeness (QED) is 0.0300. The van der Waals surface area contributed by atoms with Gasteiger partial charge in [0.25, 0.3) is 10.1 Å². The third kappa shape index (κ3) is 36.1. The van der Waals surface area contributed by atoms with Crippen molar-refractivity contribution >= 4 is 22.1 Å². The molecule has 0 aromatic carbocycles. The molecule has 47 heavy (non-hydrogen) atoms. The monoisotopic (exact) mass is 714 g/mol. The fourth-order valence-corrected chi connectivity index (χ4v) is 6.58. The van der Waals surface area contributed by atoms with Crippen LogP contribution in [0.2, 0.25) is 0 Å². The summed E-state index contributed by atoms with van der Waals surface area (Å²) in [5.41, 5.74) is 0. The Morgan fingerprint density at radius 1 is 0.489 bits per heavy atom. The van der Waals surface area contributed by atoms with E-state index in [0.29, 0.717) is 12.8 Å². The zero-order valence-corrected chi connectivity index (χ0v) is 35.2. The summed E-state index contributed by atoms with van der Waals surface area (Å²) in [5.74, 6) is -1.89. The number of carbonyl (C=O) groups excluding carboxylic acids is 2. The average Bonchev–Trinajstić information content (AvgIpc) is 3.02. The van der Waals surface area contributed by atoms with Crippen molar-refractivity contribution in [3.05, 3.63) is 0 Å². The number of carbonyl (C=O) groups is 2. The normalized spacial score (nSPS) is 12.1. The van der Waals surface area contributed by atoms with Gasteiger partial charge in [-0.1, -0.05) is 194 Å². The van der Waals surface area contributed by atoms with Gasteiger partial charge in [0.1, 0.15) is 0 Å². The van der Waals surface area contributed by atoms with E-state index in [0.717, 1.165) is 32.1 Å². The van der Waals surface area contributed by atoms with E-state index in [-0.39, 0.29) is 66.0 Å². The van der Waals surface area contributed by atoms with Crippen LogP contribution in [0.1, 0.15) is 214 Å². The first-order chi connectivity index (χ1) is 22.3. The number of unbranched alkanes of at least 4 members (excludes halogenated alkanes) is 28. The first-order valence-electron chi connectivity index (χ1n) is 19.6. The summed E-state index contributed by atoms with van der Waals surface area (Å²) in [4.78, 5) is 24.5. The summed E-state index contributed by atoms with van der Waals surface area (Å²) in [6.45, 7) is 4.77. The van der Waals surface area contributed by atoms with E-state index in [4.69, 9.17) is 9.47 Å². The fraction of sp³-hybridized carbons (Fsp3) is 0.947. The minimum atomic E-state index is -4.77. The standard InChI is InChI=1S/C38H74O7S.K.H/c1-3-5-7-9-11-13-15-17-19-20-22-23-25-27-29-31-33-44-37(39)35-36(46(41,42)43)38(40)45-34-32-30-28-26-24-21-18-16-14-12-10-8-6-4-2;;/h36H,3-35H2,1-2H3,(H,41,42,43);;/q;+1;-1. The Bertz CT molecular complexity index is 798. The predicted molar refractivity (Wildman–Crippen MR) is 193 cm³/mol. The van der Waals surface area contributed by atoms with Gasteiger partial charge in [0, 0.05) is 0 Å². The van der Waals surface area contributed by atoms with Crippen LogP contribution in [0, 0.1) is 0 Å². The minimum absolute atomic E-state index is 0. The summed E-state index contributed by atoms with van der Waals surface area (Å²) in [6.07, 6.45) is 36.2. The number of esters is 2. The molecule has 0 aromatic heterocycles. The molecule has 1 atom stereocenters. The Hall–Kier alpha value is 0.486. The van der Waals surface area contributed by atoms with Crippen LogP contribution in [0.25, 0.3) is 0 Å². The van der Waals surface area contributed by atoms with E-state index in [1.165, 1.54) is 148 Å². The summed E-state index contributed by atoms with van der Waals surface area (Å²) < 4.78 is 43.2. The Morgan fingerprint density at radius 3 is 1.02 bits per heavy atom. The number of rotatable bonds is 36.